The third-order valence-corrected chi connectivity index (χ3v) is 5.90. The number of aryl methyl sites for hydroxylation is 2. The Morgan fingerprint density at radius 1 is 1.19 bits per heavy atom. The van der Waals surface area contributed by atoms with Crippen LogP contribution in [0.5, 0.6) is 0 Å². The molecule has 27 heavy (non-hydrogen) atoms. The topological polar surface area (TPSA) is 78.4 Å². The van der Waals surface area contributed by atoms with E-state index in [0.29, 0.717) is 19.5 Å². The van der Waals surface area contributed by atoms with Crippen molar-refractivity contribution < 1.29 is 9.59 Å². The van der Waals surface area contributed by atoms with E-state index in [0.717, 1.165) is 43.2 Å². The van der Waals surface area contributed by atoms with Crippen molar-refractivity contribution in [2.45, 2.75) is 45.1 Å². The van der Waals surface area contributed by atoms with Crippen LogP contribution in [0.25, 0.3) is 0 Å². The van der Waals surface area contributed by atoms with Crippen LogP contribution in [0.3, 0.4) is 0 Å². The lowest BCUT2D eigenvalue weighted by Crippen LogP contribution is -2.55. The fourth-order valence-corrected chi connectivity index (χ4v) is 4.22. The second kappa shape index (κ2) is 9.39. The monoisotopic (exact) mass is 391 g/mol. The standard InChI is InChI=1S/C19H29N5O2S/c1-14(25)20-17(7-12-27-2)19(26)24-10-8-23(9-11-24)18-13-15-5-3-4-6-16(15)21-22-18/h13,17H,3-12H2,1-2H3,(H,20,25)/t17-/m1/s1. The number of hydrogen-bond donors (Lipinski definition) is 1. The van der Waals surface area contributed by atoms with Crippen LogP contribution in [0.1, 0.15) is 37.4 Å². The maximum Gasteiger partial charge on any atom is 0.245 e. The fourth-order valence-electron chi connectivity index (χ4n) is 3.75. The molecule has 7 nitrogen and oxygen atoms in total. The van der Waals surface area contributed by atoms with Gasteiger partial charge in [-0.25, -0.2) is 0 Å². The Morgan fingerprint density at radius 3 is 2.63 bits per heavy atom. The maximum atomic E-state index is 12.8. The quantitative estimate of drug-likeness (QED) is 0.787. The molecule has 2 aliphatic rings. The van der Waals surface area contributed by atoms with Gasteiger partial charge in [0.15, 0.2) is 5.82 Å². The lowest BCUT2D eigenvalue weighted by Gasteiger charge is -2.37. The average Bonchev–Trinajstić information content (AvgIpc) is 2.70. The van der Waals surface area contributed by atoms with Crippen molar-refractivity contribution in [3.8, 4) is 0 Å². The van der Waals surface area contributed by atoms with E-state index in [1.165, 1.54) is 25.3 Å². The molecule has 0 saturated carbocycles. The van der Waals surface area contributed by atoms with Gasteiger partial charge in [-0.1, -0.05) is 0 Å². The van der Waals surface area contributed by atoms with Crippen LogP contribution in [-0.4, -0.2) is 71.1 Å². The van der Waals surface area contributed by atoms with Gasteiger partial charge in [0.2, 0.25) is 11.8 Å². The fraction of sp³-hybridized carbons (Fsp3) is 0.684. The first-order chi connectivity index (χ1) is 13.1. The van der Waals surface area contributed by atoms with Crippen LogP contribution in [0.15, 0.2) is 6.07 Å². The molecule has 0 bridgehead atoms. The van der Waals surface area contributed by atoms with Crippen molar-refractivity contribution in [1.82, 2.24) is 20.4 Å². The Balaban J connectivity index is 1.58. The molecular weight excluding hydrogens is 362 g/mol. The Labute approximate surface area is 165 Å². The molecule has 1 saturated heterocycles. The van der Waals surface area contributed by atoms with Crippen LogP contribution in [0.2, 0.25) is 0 Å². The van der Waals surface area contributed by atoms with E-state index in [9.17, 15) is 9.59 Å². The maximum absolute atomic E-state index is 12.8. The molecule has 1 aliphatic carbocycles. The number of thioether (sulfide) groups is 1. The molecule has 1 aliphatic heterocycles. The third-order valence-electron chi connectivity index (χ3n) is 5.26. The Hall–Kier alpha value is -1.83. The van der Waals surface area contributed by atoms with Crippen molar-refractivity contribution in [1.29, 1.82) is 0 Å². The SMILES string of the molecule is CSCC[C@@H](NC(C)=O)C(=O)N1CCN(c2cc3c(nn2)CCCC3)CC1. The Kier molecular flexibility index (Phi) is 6.93. The van der Waals surface area contributed by atoms with E-state index in [1.54, 1.807) is 11.8 Å². The first kappa shape index (κ1) is 19.9. The average molecular weight is 392 g/mol. The van der Waals surface area contributed by atoms with Crippen molar-refractivity contribution in [3.63, 3.8) is 0 Å². The number of fused-ring (bicyclic) bond motifs is 1. The number of piperazine rings is 1. The highest BCUT2D eigenvalue weighted by Crippen LogP contribution is 2.23. The number of amides is 2. The summed E-state index contributed by atoms with van der Waals surface area (Å²) in [6.07, 6.45) is 7.22. The molecule has 148 valence electrons. The van der Waals surface area contributed by atoms with Crippen molar-refractivity contribution in [2.75, 3.05) is 43.1 Å². The summed E-state index contributed by atoms with van der Waals surface area (Å²) < 4.78 is 0. The summed E-state index contributed by atoms with van der Waals surface area (Å²) in [5, 5.41) is 11.6. The number of hydrogen-bond acceptors (Lipinski definition) is 6. The first-order valence-corrected chi connectivity index (χ1v) is 11.1. The number of aromatic nitrogens is 2. The number of carbonyl (C=O) groups excluding carboxylic acids is 2. The van der Waals surface area contributed by atoms with Crippen molar-refractivity contribution >= 4 is 29.4 Å². The predicted octanol–water partition coefficient (Wildman–Crippen LogP) is 1.26. The molecule has 2 amide bonds. The van der Waals surface area contributed by atoms with Crippen LogP contribution in [0.4, 0.5) is 5.82 Å². The number of rotatable bonds is 6. The van der Waals surface area contributed by atoms with Gasteiger partial charge in [-0.05, 0) is 55.7 Å². The van der Waals surface area contributed by atoms with Crippen LogP contribution in [0, 0.1) is 0 Å². The molecular formula is C19H29N5O2S. The molecule has 0 aromatic carbocycles. The van der Waals surface area contributed by atoms with Crippen LogP contribution < -0.4 is 10.2 Å². The van der Waals surface area contributed by atoms with E-state index in [4.69, 9.17) is 0 Å². The van der Waals surface area contributed by atoms with E-state index in [2.05, 4.69) is 26.5 Å². The Bertz CT molecular complexity index is 676. The summed E-state index contributed by atoms with van der Waals surface area (Å²) in [4.78, 5) is 28.4. The zero-order chi connectivity index (χ0) is 19.2. The molecule has 3 rings (SSSR count). The Morgan fingerprint density at radius 2 is 1.93 bits per heavy atom. The smallest absolute Gasteiger partial charge is 0.245 e. The van der Waals surface area contributed by atoms with E-state index in [-0.39, 0.29) is 11.8 Å². The molecule has 1 atom stereocenters. The lowest BCUT2D eigenvalue weighted by atomic mass is 9.97. The molecule has 1 N–H and O–H groups in total. The van der Waals surface area contributed by atoms with Gasteiger partial charge in [0.25, 0.3) is 0 Å². The second-order valence-corrected chi connectivity index (χ2v) is 8.21. The summed E-state index contributed by atoms with van der Waals surface area (Å²) in [6.45, 7) is 4.25. The largest absolute Gasteiger partial charge is 0.352 e. The normalized spacial score (nSPS) is 18.0. The van der Waals surface area contributed by atoms with Gasteiger partial charge in [-0.15, -0.1) is 5.10 Å². The summed E-state index contributed by atoms with van der Waals surface area (Å²) in [5.74, 6) is 1.64. The highest BCUT2D eigenvalue weighted by Gasteiger charge is 2.28. The van der Waals surface area contributed by atoms with Gasteiger partial charge >= 0.3 is 0 Å². The molecule has 1 fully saturated rings. The molecule has 2 heterocycles. The van der Waals surface area contributed by atoms with Gasteiger partial charge in [-0.2, -0.15) is 16.9 Å². The third kappa shape index (κ3) is 5.12. The van der Waals surface area contributed by atoms with E-state index in [1.807, 2.05) is 11.2 Å². The van der Waals surface area contributed by atoms with Gasteiger partial charge in [0.1, 0.15) is 6.04 Å². The van der Waals surface area contributed by atoms with Gasteiger partial charge in [-0.3, -0.25) is 9.59 Å². The summed E-state index contributed by atoms with van der Waals surface area (Å²) >= 11 is 1.68. The minimum absolute atomic E-state index is 0.0235. The highest BCUT2D eigenvalue weighted by molar-refractivity contribution is 7.98. The molecule has 0 spiro atoms. The van der Waals surface area contributed by atoms with Crippen molar-refractivity contribution in [2.24, 2.45) is 0 Å². The van der Waals surface area contributed by atoms with Gasteiger partial charge < -0.3 is 15.1 Å². The minimum Gasteiger partial charge on any atom is -0.352 e. The summed E-state index contributed by atoms with van der Waals surface area (Å²) in [7, 11) is 0. The predicted molar refractivity (Wildman–Crippen MR) is 108 cm³/mol. The number of anilines is 1. The van der Waals surface area contributed by atoms with Gasteiger partial charge in [0, 0.05) is 33.1 Å². The zero-order valence-electron chi connectivity index (χ0n) is 16.2. The van der Waals surface area contributed by atoms with Crippen molar-refractivity contribution in [3.05, 3.63) is 17.3 Å². The van der Waals surface area contributed by atoms with Crippen LogP contribution >= 0.6 is 11.8 Å². The molecule has 1 aromatic heterocycles. The van der Waals surface area contributed by atoms with Gasteiger partial charge in [0.05, 0.1) is 5.69 Å². The number of carbonyl (C=O) groups is 2. The second-order valence-electron chi connectivity index (χ2n) is 7.23. The minimum atomic E-state index is -0.426. The molecule has 8 heteroatoms. The molecule has 1 aromatic rings. The van der Waals surface area contributed by atoms with Crippen LogP contribution in [-0.2, 0) is 22.4 Å². The molecule has 0 unspecified atom stereocenters. The van der Waals surface area contributed by atoms with E-state index >= 15 is 0 Å². The molecule has 0 radical (unpaired) electrons. The zero-order valence-corrected chi connectivity index (χ0v) is 17.1. The summed E-state index contributed by atoms with van der Waals surface area (Å²) in [5.41, 5.74) is 2.47. The number of nitrogens with one attached hydrogen (secondary N) is 1. The number of nitrogens with zero attached hydrogens (tertiary/aromatic N) is 4. The first-order valence-electron chi connectivity index (χ1n) is 9.73. The highest BCUT2D eigenvalue weighted by atomic mass is 32.2. The summed E-state index contributed by atoms with van der Waals surface area (Å²) in [6, 6.07) is 1.75. The van der Waals surface area contributed by atoms with E-state index < -0.39 is 6.04 Å². The lowest BCUT2D eigenvalue weighted by molar-refractivity contribution is -0.136.